The summed E-state index contributed by atoms with van der Waals surface area (Å²) in [5, 5.41) is 2.37. The molecule has 1 saturated carbocycles. The number of alkyl halides is 3. The first-order valence-electron chi connectivity index (χ1n) is 9.07. The molecule has 1 amide bonds. The topological polar surface area (TPSA) is 84.5 Å². The molecule has 31 heavy (non-hydrogen) atoms. The molecular formula is C19H17Cl2F3N2O4S. The average molecular weight is 497 g/mol. The van der Waals surface area contributed by atoms with E-state index in [-0.39, 0.29) is 45.4 Å². The van der Waals surface area contributed by atoms with E-state index in [1.807, 2.05) is 0 Å². The van der Waals surface area contributed by atoms with Crippen LogP contribution in [0.3, 0.4) is 0 Å². The SMILES string of the molecule is O=C(NCCOc1ccc(C(F)(F)F)cc1)c1cc(S(=O)(=O)NC2CC2)c(Cl)cc1Cl. The van der Waals surface area contributed by atoms with Crippen molar-refractivity contribution in [3.63, 3.8) is 0 Å². The van der Waals surface area contributed by atoms with Crippen molar-refractivity contribution in [2.45, 2.75) is 30.0 Å². The van der Waals surface area contributed by atoms with Gasteiger partial charge in [-0.25, -0.2) is 13.1 Å². The van der Waals surface area contributed by atoms with E-state index >= 15 is 0 Å². The van der Waals surface area contributed by atoms with E-state index in [4.69, 9.17) is 27.9 Å². The Hall–Kier alpha value is -2.01. The molecule has 2 aromatic carbocycles. The molecule has 1 aliphatic rings. The second-order valence-electron chi connectivity index (χ2n) is 6.78. The minimum Gasteiger partial charge on any atom is -0.492 e. The zero-order chi connectivity index (χ0) is 22.8. The quantitative estimate of drug-likeness (QED) is 0.534. The van der Waals surface area contributed by atoms with E-state index in [2.05, 4.69) is 10.0 Å². The summed E-state index contributed by atoms with van der Waals surface area (Å²) in [4.78, 5) is 12.2. The first-order valence-corrected chi connectivity index (χ1v) is 11.3. The highest BCUT2D eigenvalue weighted by molar-refractivity contribution is 7.89. The summed E-state index contributed by atoms with van der Waals surface area (Å²) in [7, 11) is -3.90. The van der Waals surface area contributed by atoms with Crippen LogP contribution in [-0.4, -0.2) is 33.5 Å². The number of rotatable bonds is 8. The van der Waals surface area contributed by atoms with Gasteiger partial charge in [-0.3, -0.25) is 4.79 Å². The van der Waals surface area contributed by atoms with Gasteiger partial charge in [-0.05, 0) is 49.2 Å². The Morgan fingerprint density at radius 1 is 1.10 bits per heavy atom. The lowest BCUT2D eigenvalue weighted by atomic mass is 10.2. The fourth-order valence-corrected chi connectivity index (χ4v) is 4.73. The highest BCUT2D eigenvalue weighted by Gasteiger charge is 2.31. The summed E-state index contributed by atoms with van der Waals surface area (Å²) < 4.78 is 70.3. The van der Waals surface area contributed by atoms with Crippen LogP contribution in [0.5, 0.6) is 5.75 Å². The van der Waals surface area contributed by atoms with Gasteiger partial charge in [0.25, 0.3) is 5.91 Å². The van der Waals surface area contributed by atoms with Crippen LogP contribution in [0, 0.1) is 0 Å². The van der Waals surface area contributed by atoms with E-state index in [1.54, 1.807) is 0 Å². The molecule has 0 unspecified atom stereocenters. The van der Waals surface area contributed by atoms with E-state index in [1.165, 1.54) is 18.2 Å². The molecule has 2 N–H and O–H groups in total. The molecule has 6 nitrogen and oxygen atoms in total. The van der Waals surface area contributed by atoms with E-state index < -0.39 is 27.7 Å². The van der Waals surface area contributed by atoms with Crippen molar-refractivity contribution in [3.05, 3.63) is 57.6 Å². The monoisotopic (exact) mass is 496 g/mol. The third-order valence-electron chi connectivity index (χ3n) is 4.29. The maximum absolute atomic E-state index is 12.6. The van der Waals surface area contributed by atoms with Gasteiger partial charge in [0.05, 0.1) is 27.7 Å². The molecule has 1 aliphatic carbocycles. The summed E-state index contributed by atoms with van der Waals surface area (Å²) in [5.41, 5.74) is -0.885. The van der Waals surface area contributed by atoms with Crippen molar-refractivity contribution >= 4 is 39.1 Å². The molecule has 0 radical (unpaired) electrons. The number of halogens is 5. The van der Waals surface area contributed by atoms with Crippen LogP contribution in [0.15, 0.2) is 41.3 Å². The van der Waals surface area contributed by atoms with Crippen molar-refractivity contribution in [1.29, 1.82) is 0 Å². The number of carbonyl (C=O) groups excluding carboxylic acids is 1. The molecule has 2 aromatic rings. The summed E-state index contributed by atoms with van der Waals surface area (Å²) in [6.07, 6.45) is -2.97. The van der Waals surface area contributed by atoms with Crippen LogP contribution in [0.4, 0.5) is 13.2 Å². The number of hydrogen-bond donors (Lipinski definition) is 2. The van der Waals surface area contributed by atoms with Gasteiger partial charge in [0.15, 0.2) is 0 Å². The Bertz CT molecular complexity index is 1070. The molecule has 0 spiro atoms. The van der Waals surface area contributed by atoms with E-state index in [0.29, 0.717) is 0 Å². The lowest BCUT2D eigenvalue weighted by molar-refractivity contribution is -0.137. The average Bonchev–Trinajstić information content (AvgIpc) is 3.47. The normalized spacial score (nSPS) is 14.4. The second kappa shape index (κ2) is 9.23. The Labute approximate surface area is 186 Å². The first-order chi connectivity index (χ1) is 14.5. The van der Waals surface area contributed by atoms with Gasteiger partial charge in [0.2, 0.25) is 10.0 Å². The van der Waals surface area contributed by atoms with Crippen molar-refractivity contribution in [2.24, 2.45) is 0 Å². The van der Waals surface area contributed by atoms with Gasteiger partial charge >= 0.3 is 6.18 Å². The van der Waals surface area contributed by atoms with E-state index in [0.717, 1.165) is 31.0 Å². The van der Waals surface area contributed by atoms with Gasteiger partial charge < -0.3 is 10.1 Å². The number of carbonyl (C=O) groups is 1. The summed E-state index contributed by atoms with van der Waals surface area (Å²) in [6.45, 7) is -0.0298. The summed E-state index contributed by atoms with van der Waals surface area (Å²) in [6, 6.07) is 6.25. The summed E-state index contributed by atoms with van der Waals surface area (Å²) >= 11 is 12.0. The standard InChI is InChI=1S/C19H17Cl2F3N2O4S/c20-15-10-16(21)17(31(28,29)26-12-3-4-12)9-14(15)18(27)25-7-8-30-13-5-1-11(2-6-13)19(22,23)24/h1-2,5-6,9-10,12,26H,3-4,7-8H2,(H,25,27). The number of ether oxygens (including phenoxy) is 1. The fraction of sp³-hybridized carbons (Fsp3) is 0.316. The molecule has 0 atom stereocenters. The largest absolute Gasteiger partial charge is 0.492 e. The Kier molecular flexibility index (Phi) is 7.04. The Morgan fingerprint density at radius 2 is 1.74 bits per heavy atom. The van der Waals surface area contributed by atoms with E-state index in [9.17, 15) is 26.4 Å². The molecule has 1 fully saturated rings. The first kappa shape index (κ1) is 23.6. The minimum absolute atomic E-state index is 0.00121. The van der Waals surface area contributed by atoms with Gasteiger partial charge in [-0.2, -0.15) is 13.2 Å². The molecule has 0 aliphatic heterocycles. The van der Waals surface area contributed by atoms with Crippen LogP contribution in [-0.2, 0) is 16.2 Å². The maximum Gasteiger partial charge on any atom is 0.416 e. The van der Waals surface area contributed by atoms with Crippen molar-refractivity contribution in [2.75, 3.05) is 13.2 Å². The smallest absolute Gasteiger partial charge is 0.416 e. The molecule has 168 valence electrons. The number of nitrogens with one attached hydrogen (secondary N) is 2. The molecule has 3 rings (SSSR count). The highest BCUT2D eigenvalue weighted by Crippen LogP contribution is 2.31. The zero-order valence-electron chi connectivity index (χ0n) is 15.8. The minimum atomic E-state index is -4.44. The van der Waals surface area contributed by atoms with Crippen LogP contribution >= 0.6 is 23.2 Å². The number of benzene rings is 2. The van der Waals surface area contributed by atoms with Crippen molar-refractivity contribution in [1.82, 2.24) is 10.0 Å². The molecule has 0 bridgehead atoms. The Morgan fingerprint density at radius 3 is 2.32 bits per heavy atom. The van der Waals surface area contributed by atoms with Gasteiger partial charge in [-0.1, -0.05) is 23.2 Å². The van der Waals surface area contributed by atoms with Gasteiger partial charge in [-0.15, -0.1) is 0 Å². The van der Waals surface area contributed by atoms with Crippen LogP contribution in [0.2, 0.25) is 10.0 Å². The predicted molar refractivity (Wildman–Crippen MR) is 109 cm³/mol. The Balaban J connectivity index is 1.59. The highest BCUT2D eigenvalue weighted by atomic mass is 35.5. The van der Waals surface area contributed by atoms with Crippen LogP contribution < -0.4 is 14.8 Å². The van der Waals surface area contributed by atoms with Gasteiger partial charge in [0.1, 0.15) is 17.3 Å². The van der Waals surface area contributed by atoms with Crippen LogP contribution in [0.1, 0.15) is 28.8 Å². The molecular weight excluding hydrogens is 480 g/mol. The van der Waals surface area contributed by atoms with Crippen LogP contribution in [0.25, 0.3) is 0 Å². The predicted octanol–water partition coefficient (Wildman–Crippen LogP) is 4.26. The number of amides is 1. The zero-order valence-corrected chi connectivity index (χ0v) is 18.1. The lowest BCUT2D eigenvalue weighted by Gasteiger charge is -2.12. The van der Waals surface area contributed by atoms with Crippen molar-refractivity contribution in [3.8, 4) is 5.75 Å². The molecule has 0 saturated heterocycles. The third kappa shape index (κ3) is 6.25. The fourth-order valence-electron chi connectivity index (χ4n) is 2.56. The molecule has 0 heterocycles. The van der Waals surface area contributed by atoms with Gasteiger partial charge in [0, 0.05) is 6.04 Å². The molecule has 12 heteroatoms. The number of sulfonamides is 1. The second-order valence-corrected chi connectivity index (χ2v) is 9.28. The van der Waals surface area contributed by atoms with Crippen molar-refractivity contribution < 1.29 is 31.1 Å². The number of hydrogen-bond acceptors (Lipinski definition) is 4. The maximum atomic E-state index is 12.6. The third-order valence-corrected chi connectivity index (χ3v) is 6.59. The summed E-state index contributed by atoms with van der Waals surface area (Å²) in [5.74, 6) is -0.452. The lowest BCUT2D eigenvalue weighted by Crippen LogP contribution is -2.29. The molecule has 0 aromatic heterocycles.